The van der Waals surface area contributed by atoms with Gasteiger partial charge in [0.2, 0.25) is 0 Å². The number of thiophene rings is 1. The quantitative estimate of drug-likeness (QED) is 0.537. The average Bonchev–Trinajstić information content (AvgIpc) is 2.83. The lowest BCUT2D eigenvalue weighted by molar-refractivity contribution is -0.001000. The van der Waals surface area contributed by atoms with Gasteiger partial charge in [0.1, 0.15) is 0 Å². The van der Waals surface area contributed by atoms with Gasteiger partial charge in [-0.15, -0.1) is 11.3 Å². The Morgan fingerprint density at radius 2 is 2.06 bits per heavy atom. The van der Waals surface area contributed by atoms with Crippen LogP contribution in [0.2, 0.25) is 0 Å². The molecule has 0 aromatic carbocycles. The molecule has 1 fully saturated rings. The first-order chi connectivity index (χ1) is 7.95. The minimum Gasteiger partial charge on any atom is -1.00 e. The highest BCUT2D eigenvalue weighted by Crippen LogP contribution is 2.07. The molecule has 1 aliphatic heterocycles. The van der Waals surface area contributed by atoms with E-state index in [0.29, 0.717) is 0 Å². The van der Waals surface area contributed by atoms with Crippen molar-refractivity contribution in [2.24, 2.45) is 0 Å². The number of hydrogen-bond acceptors (Lipinski definition) is 4. The van der Waals surface area contributed by atoms with E-state index in [9.17, 15) is 0 Å². The van der Waals surface area contributed by atoms with Crippen molar-refractivity contribution in [1.29, 1.82) is 0 Å². The molecule has 18 heavy (non-hydrogen) atoms. The lowest BCUT2D eigenvalue weighted by Gasteiger charge is -2.26. The number of rotatable bonds is 6. The van der Waals surface area contributed by atoms with E-state index in [-0.39, 0.29) is 24.8 Å². The molecule has 2 heterocycles. The van der Waals surface area contributed by atoms with Crippen LogP contribution in [-0.4, -0.2) is 44.3 Å². The van der Waals surface area contributed by atoms with Gasteiger partial charge in [0.25, 0.3) is 0 Å². The normalized spacial score (nSPS) is 15.8. The second-order valence-corrected chi connectivity index (χ2v) is 5.10. The zero-order valence-corrected chi connectivity index (χ0v) is 12.7. The second kappa shape index (κ2) is 11.0. The minimum absolute atomic E-state index is 0. The monoisotopic (exact) mass is 310 g/mol. The van der Waals surface area contributed by atoms with Crippen LogP contribution in [0.25, 0.3) is 0 Å². The molecular weight excluding hydrogens is 291 g/mol. The zero-order valence-electron chi connectivity index (χ0n) is 10.4. The Kier molecular flexibility index (Phi) is 11.1. The molecule has 0 atom stereocenters. The van der Waals surface area contributed by atoms with Crippen molar-refractivity contribution >= 4 is 11.3 Å². The lowest BCUT2D eigenvalue weighted by Crippen LogP contribution is -3.00. The highest BCUT2D eigenvalue weighted by Gasteiger charge is 2.08. The molecule has 6 heteroatoms. The summed E-state index contributed by atoms with van der Waals surface area (Å²) in [7, 11) is 0. The molecule has 0 saturated carbocycles. The van der Waals surface area contributed by atoms with Gasteiger partial charge in [-0.2, -0.15) is 0 Å². The van der Waals surface area contributed by atoms with Crippen LogP contribution in [0, 0.1) is 0 Å². The first-order valence-electron chi connectivity index (χ1n) is 5.98. The summed E-state index contributed by atoms with van der Waals surface area (Å²) in [5, 5.41) is 5.61. The Balaban J connectivity index is 0.00000144. The second-order valence-electron chi connectivity index (χ2n) is 4.06. The van der Waals surface area contributed by atoms with Crippen LogP contribution in [0.1, 0.15) is 11.3 Å². The fourth-order valence-corrected chi connectivity index (χ4v) is 2.55. The first-order valence-corrected chi connectivity index (χ1v) is 6.86. The van der Waals surface area contributed by atoms with Gasteiger partial charge in [-0.25, -0.2) is 0 Å². The van der Waals surface area contributed by atoms with Gasteiger partial charge in [0.05, 0.1) is 13.2 Å². The maximum atomic E-state index is 5.32. The average molecular weight is 311 g/mol. The van der Waals surface area contributed by atoms with Gasteiger partial charge < -0.3 is 34.9 Å². The van der Waals surface area contributed by atoms with Crippen LogP contribution in [0.4, 0.5) is 0 Å². The molecule has 1 aromatic heterocycles. The van der Waals surface area contributed by atoms with Crippen molar-refractivity contribution < 1.29 is 29.6 Å². The van der Waals surface area contributed by atoms with Gasteiger partial charge in [0, 0.05) is 24.5 Å². The van der Waals surface area contributed by atoms with E-state index in [1.54, 1.807) is 0 Å². The fraction of sp³-hybridized carbons (Fsp3) is 0.667. The Bertz CT molecular complexity index is 280. The predicted molar refractivity (Wildman–Crippen MR) is 67.9 cm³/mol. The largest absolute Gasteiger partial charge is 1.00 e. The van der Waals surface area contributed by atoms with Gasteiger partial charge in [-0.05, 0) is 31.0 Å². The number of hydrogen-bond donors (Lipinski definition) is 1. The third-order valence-electron chi connectivity index (χ3n) is 2.81. The van der Waals surface area contributed by atoms with Crippen molar-refractivity contribution in [3.63, 3.8) is 0 Å². The maximum absolute atomic E-state index is 5.32. The number of nitrogens with one attached hydrogen (secondary N) is 1. The van der Waals surface area contributed by atoms with Crippen LogP contribution in [0.15, 0.2) is 17.5 Å². The summed E-state index contributed by atoms with van der Waals surface area (Å²) in [5.41, 5.74) is 0. The van der Waals surface area contributed by atoms with E-state index in [0.717, 1.165) is 39.4 Å². The Labute approximate surface area is 126 Å². The zero-order chi connectivity index (χ0) is 11.1. The van der Waals surface area contributed by atoms with Crippen LogP contribution in [0.5, 0.6) is 0 Å². The van der Waals surface area contributed by atoms with Crippen LogP contribution >= 0.6 is 11.3 Å². The van der Waals surface area contributed by atoms with Gasteiger partial charge >= 0.3 is 0 Å². The van der Waals surface area contributed by atoms with E-state index in [1.807, 2.05) is 11.3 Å². The molecule has 1 N–H and O–H groups in total. The smallest absolute Gasteiger partial charge is 0.0594 e. The molecule has 0 unspecified atom stereocenters. The molecule has 106 valence electrons. The van der Waals surface area contributed by atoms with Crippen molar-refractivity contribution in [3.05, 3.63) is 22.4 Å². The molecule has 0 spiro atoms. The molecule has 0 bridgehead atoms. The molecule has 0 amide bonds. The summed E-state index contributed by atoms with van der Waals surface area (Å²) < 4.78 is 5.32. The molecule has 3 nitrogen and oxygen atoms in total. The molecular formula is C12H20Cl2N2OS-2. The van der Waals surface area contributed by atoms with Crippen LogP contribution in [0.3, 0.4) is 0 Å². The molecule has 1 saturated heterocycles. The van der Waals surface area contributed by atoms with Crippen molar-refractivity contribution in [1.82, 2.24) is 10.2 Å². The highest BCUT2D eigenvalue weighted by molar-refractivity contribution is 7.09. The van der Waals surface area contributed by atoms with Crippen molar-refractivity contribution in [2.45, 2.75) is 13.0 Å². The maximum Gasteiger partial charge on any atom is 0.0594 e. The Morgan fingerprint density at radius 1 is 1.28 bits per heavy atom. The highest BCUT2D eigenvalue weighted by atomic mass is 35.5. The fourth-order valence-electron chi connectivity index (χ4n) is 1.88. The Hall–Kier alpha value is 0.160. The standard InChI is InChI=1S/C12H20N2OS.2ClH/c1-3-12(16-10-1)11-13-4-2-5-14-6-8-15-9-7-14;;/h1,3,10,13H,2,4-9,11H2;2*1H/p-2. The predicted octanol–water partition coefficient (Wildman–Crippen LogP) is -4.43. The summed E-state index contributed by atoms with van der Waals surface area (Å²) in [6.07, 6.45) is 1.23. The van der Waals surface area contributed by atoms with Gasteiger partial charge in [-0.3, -0.25) is 4.90 Å². The number of ether oxygens (including phenoxy) is 1. The molecule has 0 aliphatic carbocycles. The summed E-state index contributed by atoms with van der Waals surface area (Å²) >= 11 is 1.82. The van der Waals surface area contributed by atoms with Crippen LogP contribution < -0.4 is 30.1 Å². The lowest BCUT2D eigenvalue weighted by atomic mass is 10.3. The molecule has 2 rings (SSSR count). The van der Waals surface area contributed by atoms with Gasteiger partial charge in [-0.1, -0.05) is 6.07 Å². The van der Waals surface area contributed by atoms with E-state index in [1.165, 1.54) is 17.8 Å². The van der Waals surface area contributed by atoms with E-state index >= 15 is 0 Å². The summed E-state index contributed by atoms with van der Waals surface area (Å²) in [4.78, 5) is 3.91. The number of morpholine rings is 1. The van der Waals surface area contributed by atoms with Crippen molar-refractivity contribution in [3.8, 4) is 0 Å². The molecule has 1 aliphatic rings. The van der Waals surface area contributed by atoms with Crippen molar-refractivity contribution in [2.75, 3.05) is 39.4 Å². The van der Waals surface area contributed by atoms with Crippen LogP contribution in [-0.2, 0) is 11.3 Å². The molecule has 1 aromatic rings. The molecule has 0 radical (unpaired) electrons. The topological polar surface area (TPSA) is 24.5 Å². The minimum atomic E-state index is 0. The van der Waals surface area contributed by atoms with Gasteiger partial charge in [0.15, 0.2) is 0 Å². The van der Waals surface area contributed by atoms with E-state index < -0.39 is 0 Å². The van der Waals surface area contributed by atoms with E-state index in [4.69, 9.17) is 4.74 Å². The first kappa shape index (κ1) is 18.2. The number of nitrogens with zero attached hydrogens (tertiary/aromatic N) is 1. The summed E-state index contributed by atoms with van der Waals surface area (Å²) in [5.74, 6) is 0. The number of halogens is 2. The summed E-state index contributed by atoms with van der Waals surface area (Å²) in [6, 6.07) is 4.29. The van der Waals surface area contributed by atoms with E-state index in [2.05, 4.69) is 27.7 Å². The SMILES string of the molecule is [Cl-].[Cl-].c1csc(CNCCCN2CCOCC2)c1. The summed E-state index contributed by atoms with van der Waals surface area (Å²) in [6.45, 7) is 7.33. The third kappa shape index (κ3) is 6.92. The Morgan fingerprint density at radius 3 is 2.72 bits per heavy atom. The third-order valence-corrected chi connectivity index (χ3v) is 3.69.